The number of fused-ring (bicyclic) bond motifs is 2. The zero-order chi connectivity index (χ0) is 17.2. The summed E-state index contributed by atoms with van der Waals surface area (Å²) >= 11 is 0. The zero-order valence-corrected chi connectivity index (χ0v) is 13.4. The minimum Gasteiger partial charge on any atom is -0.457 e. The molecule has 1 aliphatic heterocycles. The van der Waals surface area contributed by atoms with E-state index in [-0.39, 0.29) is 18.3 Å². The fraction of sp³-hybridized carbons (Fsp3) is 0.0952. The summed E-state index contributed by atoms with van der Waals surface area (Å²) in [5, 5.41) is 2.86. The molecule has 4 rings (SSSR count). The maximum atomic E-state index is 13.8. The third-order valence-corrected chi connectivity index (χ3v) is 4.35. The summed E-state index contributed by atoms with van der Waals surface area (Å²) in [7, 11) is 0. The van der Waals surface area contributed by atoms with Gasteiger partial charge in [-0.1, -0.05) is 54.6 Å². The maximum absolute atomic E-state index is 13.8. The lowest BCUT2D eigenvalue weighted by Gasteiger charge is -2.27. The van der Waals surface area contributed by atoms with Gasteiger partial charge in [-0.2, -0.15) is 0 Å². The fourth-order valence-electron chi connectivity index (χ4n) is 3.12. The van der Waals surface area contributed by atoms with Crippen molar-refractivity contribution in [2.24, 2.45) is 0 Å². The molecule has 4 heteroatoms. The molecule has 0 fully saturated rings. The standard InChI is InChI=1S/C21H16FNO2/c22-17-10-4-1-7-14(17)13-23-21(24)20-15-8-2-5-11-18(15)25-19-12-6-3-9-16(19)20/h1-12,20H,13H2,(H,23,24). The van der Waals surface area contributed by atoms with E-state index in [2.05, 4.69) is 5.32 Å². The van der Waals surface area contributed by atoms with Gasteiger partial charge in [0.1, 0.15) is 17.3 Å². The molecule has 124 valence electrons. The molecule has 3 aromatic carbocycles. The molecular weight excluding hydrogens is 317 g/mol. The summed E-state index contributed by atoms with van der Waals surface area (Å²) in [6, 6.07) is 21.4. The Kier molecular flexibility index (Phi) is 3.94. The van der Waals surface area contributed by atoms with Gasteiger partial charge in [0.25, 0.3) is 0 Å². The Morgan fingerprint density at radius 1 is 0.880 bits per heavy atom. The van der Waals surface area contributed by atoms with Crippen molar-refractivity contribution in [3.63, 3.8) is 0 Å². The van der Waals surface area contributed by atoms with Gasteiger partial charge in [0.2, 0.25) is 5.91 Å². The highest BCUT2D eigenvalue weighted by atomic mass is 19.1. The summed E-state index contributed by atoms with van der Waals surface area (Å²) < 4.78 is 19.7. The third kappa shape index (κ3) is 2.87. The van der Waals surface area contributed by atoms with Gasteiger partial charge in [-0.3, -0.25) is 4.79 Å². The van der Waals surface area contributed by atoms with Gasteiger partial charge in [0, 0.05) is 23.2 Å². The molecule has 0 bridgehead atoms. The van der Waals surface area contributed by atoms with Crippen LogP contribution < -0.4 is 10.1 Å². The summed E-state index contributed by atoms with van der Waals surface area (Å²) in [6.45, 7) is 0.146. The van der Waals surface area contributed by atoms with Crippen LogP contribution in [0.3, 0.4) is 0 Å². The number of amides is 1. The van der Waals surface area contributed by atoms with Crippen molar-refractivity contribution in [2.45, 2.75) is 12.5 Å². The largest absolute Gasteiger partial charge is 0.457 e. The Labute approximate surface area is 145 Å². The van der Waals surface area contributed by atoms with Crippen molar-refractivity contribution >= 4 is 5.91 Å². The van der Waals surface area contributed by atoms with Gasteiger partial charge in [-0.05, 0) is 18.2 Å². The molecule has 0 spiro atoms. The number of carbonyl (C=O) groups excluding carboxylic acids is 1. The molecule has 1 aliphatic rings. The van der Waals surface area contributed by atoms with Crippen molar-refractivity contribution in [3.8, 4) is 11.5 Å². The minimum atomic E-state index is -0.479. The van der Waals surface area contributed by atoms with E-state index >= 15 is 0 Å². The predicted molar refractivity (Wildman–Crippen MR) is 93.0 cm³/mol. The first-order chi connectivity index (χ1) is 12.2. The molecule has 0 unspecified atom stereocenters. The van der Waals surface area contributed by atoms with Gasteiger partial charge in [-0.25, -0.2) is 4.39 Å². The molecule has 3 nitrogen and oxygen atoms in total. The van der Waals surface area contributed by atoms with E-state index in [0.29, 0.717) is 17.1 Å². The van der Waals surface area contributed by atoms with E-state index in [9.17, 15) is 9.18 Å². The van der Waals surface area contributed by atoms with Gasteiger partial charge in [0.15, 0.2) is 0 Å². The number of benzene rings is 3. The fourth-order valence-corrected chi connectivity index (χ4v) is 3.12. The second-order valence-corrected chi connectivity index (χ2v) is 5.92. The lowest BCUT2D eigenvalue weighted by atomic mass is 9.87. The molecule has 1 N–H and O–H groups in total. The molecule has 1 amide bonds. The Morgan fingerprint density at radius 2 is 1.44 bits per heavy atom. The van der Waals surface area contributed by atoms with Crippen LogP contribution in [0.15, 0.2) is 72.8 Å². The number of ether oxygens (including phenoxy) is 1. The molecule has 0 radical (unpaired) electrons. The normalized spacial score (nSPS) is 12.7. The number of hydrogen-bond donors (Lipinski definition) is 1. The first-order valence-corrected chi connectivity index (χ1v) is 8.11. The highest BCUT2D eigenvalue weighted by molar-refractivity contribution is 5.89. The number of nitrogens with one attached hydrogen (secondary N) is 1. The van der Waals surface area contributed by atoms with Crippen molar-refractivity contribution in [2.75, 3.05) is 0 Å². The second-order valence-electron chi connectivity index (χ2n) is 5.92. The predicted octanol–water partition coefficient (Wildman–Crippen LogP) is 4.38. The van der Waals surface area contributed by atoms with E-state index in [1.807, 2.05) is 48.5 Å². The van der Waals surface area contributed by atoms with Crippen molar-refractivity contribution < 1.29 is 13.9 Å². The molecule has 0 aliphatic carbocycles. The average molecular weight is 333 g/mol. The number of halogens is 1. The van der Waals surface area contributed by atoms with E-state index in [0.717, 1.165) is 11.1 Å². The molecule has 1 heterocycles. The smallest absolute Gasteiger partial charge is 0.232 e. The summed E-state index contributed by atoms with van der Waals surface area (Å²) in [5.74, 6) is 0.370. The topological polar surface area (TPSA) is 38.3 Å². The van der Waals surface area contributed by atoms with E-state index in [4.69, 9.17) is 4.74 Å². The summed E-state index contributed by atoms with van der Waals surface area (Å²) in [4.78, 5) is 12.9. The van der Waals surface area contributed by atoms with Crippen LogP contribution in [0.2, 0.25) is 0 Å². The lowest BCUT2D eigenvalue weighted by molar-refractivity contribution is -0.122. The second kappa shape index (κ2) is 6.40. The Morgan fingerprint density at radius 3 is 2.08 bits per heavy atom. The van der Waals surface area contributed by atoms with Crippen LogP contribution in [-0.4, -0.2) is 5.91 Å². The molecule has 0 atom stereocenters. The van der Waals surface area contributed by atoms with E-state index in [1.54, 1.807) is 18.2 Å². The van der Waals surface area contributed by atoms with E-state index < -0.39 is 5.92 Å². The van der Waals surface area contributed by atoms with Crippen LogP contribution in [0.5, 0.6) is 11.5 Å². The number of hydrogen-bond acceptors (Lipinski definition) is 2. The van der Waals surface area contributed by atoms with Crippen LogP contribution in [0, 0.1) is 5.82 Å². The van der Waals surface area contributed by atoms with Crippen LogP contribution in [0.4, 0.5) is 4.39 Å². The zero-order valence-electron chi connectivity index (χ0n) is 13.4. The lowest BCUT2D eigenvalue weighted by Crippen LogP contribution is -2.31. The molecule has 0 saturated carbocycles. The first kappa shape index (κ1) is 15.4. The van der Waals surface area contributed by atoms with Crippen molar-refractivity contribution in [1.29, 1.82) is 0 Å². The molecule has 0 saturated heterocycles. The summed E-state index contributed by atoms with van der Waals surface area (Å²) in [5.41, 5.74) is 2.09. The van der Waals surface area contributed by atoms with Crippen molar-refractivity contribution in [1.82, 2.24) is 5.32 Å². The van der Waals surface area contributed by atoms with Gasteiger partial charge in [0.05, 0.1) is 5.92 Å². The number of rotatable bonds is 3. The highest BCUT2D eigenvalue weighted by Crippen LogP contribution is 2.43. The Balaban J connectivity index is 1.65. The van der Waals surface area contributed by atoms with Gasteiger partial charge in [-0.15, -0.1) is 0 Å². The Bertz CT molecular complexity index is 893. The van der Waals surface area contributed by atoms with Crippen LogP contribution in [-0.2, 0) is 11.3 Å². The monoisotopic (exact) mass is 333 g/mol. The van der Waals surface area contributed by atoms with Crippen LogP contribution in [0.25, 0.3) is 0 Å². The van der Waals surface area contributed by atoms with Crippen LogP contribution >= 0.6 is 0 Å². The molecule has 0 aromatic heterocycles. The van der Waals surface area contributed by atoms with Gasteiger partial charge >= 0.3 is 0 Å². The quantitative estimate of drug-likeness (QED) is 0.772. The van der Waals surface area contributed by atoms with E-state index in [1.165, 1.54) is 6.07 Å². The molecule has 25 heavy (non-hydrogen) atoms. The molecule has 3 aromatic rings. The third-order valence-electron chi connectivity index (χ3n) is 4.35. The van der Waals surface area contributed by atoms with Gasteiger partial charge < -0.3 is 10.1 Å². The number of para-hydroxylation sites is 2. The maximum Gasteiger partial charge on any atom is 0.232 e. The minimum absolute atomic E-state index is 0.146. The Hall–Kier alpha value is -3.14. The SMILES string of the molecule is O=C(NCc1ccccc1F)C1c2ccccc2Oc2ccccc21. The summed E-state index contributed by atoms with van der Waals surface area (Å²) in [6.07, 6.45) is 0. The number of carbonyl (C=O) groups is 1. The van der Waals surface area contributed by atoms with Crippen LogP contribution in [0.1, 0.15) is 22.6 Å². The van der Waals surface area contributed by atoms with Crippen molar-refractivity contribution in [3.05, 3.63) is 95.3 Å². The highest BCUT2D eigenvalue weighted by Gasteiger charge is 2.32. The average Bonchev–Trinajstić information content (AvgIpc) is 2.65. The first-order valence-electron chi connectivity index (χ1n) is 8.11. The molecular formula is C21H16FNO2.